The van der Waals surface area contributed by atoms with Gasteiger partial charge in [-0.2, -0.15) is 0 Å². The van der Waals surface area contributed by atoms with Crippen LogP contribution in [0.3, 0.4) is 0 Å². The van der Waals surface area contributed by atoms with Gasteiger partial charge in [0.05, 0.1) is 6.10 Å². The van der Waals surface area contributed by atoms with Crippen molar-refractivity contribution >= 4 is 11.6 Å². The molecule has 3 heteroatoms. The summed E-state index contributed by atoms with van der Waals surface area (Å²) in [6, 6.07) is 14.9. The van der Waals surface area contributed by atoms with E-state index in [4.69, 9.17) is 16.3 Å². The highest BCUT2D eigenvalue weighted by Gasteiger charge is 2.09. The van der Waals surface area contributed by atoms with Gasteiger partial charge in [0.15, 0.2) is 0 Å². The van der Waals surface area contributed by atoms with Crippen LogP contribution in [0.5, 0.6) is 5.75 Å². The number of aliphatic hydroxyl groups is 1. The molecule has 0 radical (unpaired) electrons. The zero-order valence-corrected chi connectivity index (χ0v) is 11.9. The summed E-state index contributed by atoms with van der Waals surface area (Å²) in [5, 5.41) is 10.3. The van der Waals surface area contributed by atoms with Crippen molar-refractivity contribution in [3.63, 3.8) is 0 Å². The first kappa shape index (κ1) is 14.5. The van der Waals surface area contributed by atoms with Crippen molar-refractivity contribution in [3.8, 4) is 17.6 Å². The summed E-state index contributed by atoms with van der Waals surface area (Å²) in [4.78, 5) is 0. The molecule has 0 amide bonds. The van der Waals surface area contributed by atoms with E-state index in [1.807, 2.05) is 30.3 Å². The van der Waals surface area contributed by atoms with Crippen LogP contribution in [-0.2, 0) is 0 Å². The second-order valence-electron chi connectivity index (χ2n) is 4.31. The maximum Gasteiger partial charge on any atom is 0.149 e. The molecule has 20 heavy (non-hydrogen) atoms. The van der Waals surface area contributed by atoms with E-state index in [9.17, 15) is 5.11 Å². The Kier molecular flexibility index (Phi) is 5.06. The van der Waals surface area contributed by atoms with Gasteiger partial charge in [-0.1, -0.05) is 41.6 Å². The van der Waals surface area contributed by atoms with Crippen molar-refractivity contribution in [1.82, 2.24) is 0 Å². The van der Waals surface area contributed by atoms with E-state index in [1.54, 1.807) is 25.1 Å². The Morgan fingerprint density at radius 2 is 1.95 bits per heavy atom. The number of ether oxygens (including phenoxy) is 1. The predicted molar refractivity (Wildman–Crippen MR) is 80.9 cm³/mol. The van der Waals surface area contributed by atoms with Crippen molar-refractivity contribution in [2.75, 3.05) is 6.61 Å². The number of halogens is 1. The standard InChI is InChI=1S/C17H15ClO2/c1-13(19)16-12-15(18)9-10-17(16)20-11-5-8-14-6-3-2-4-7-14/h2-4,6-7,9-10,12-13,19H,11H2,1H3/t13-/m0/s1. The largest absolute Gasteiger partial charge is 0.481 e. The summed E-state index contributed by atoms with van der Waals surface area (Å²) in [7, 11) is 0. The van der Waals surface area contributed by atoms with Crippen molar-refractivity contribution in [2.24, 2.45) is 0 Å². The van der Waals surface area contributed by atoms with E-state index in [2.05, 4.69) is 11.8 Å². The second-order valence-corrected chi connectivity index (χ2v) is 4.75. The van der Waals surface area contributed by atoms with E-state index in [0.717, 1.165) is 5.56 Å². The van der Waals surface area contributed by atoms with Crippen LogP contribution in [0.15, 0.2) is 48.5 Å². The topological polar surface area (TPSA) is 29.5 Å². The minimum atomic E-state index is -0.634. The fraction of sp³-hybridized carbons (Fsp3) is 0.176. The molecule has 102 valence electrons. The maximum absolute atomic E-state index is 9.69. The smallest absolute Gasteiger partial charge is 0.149 e. The lowest BCUT2D eigenvalue weighted by molar-refractivity contribution is 0.193. The molecule has 2 aromatic carbocycles. The van der Waals surface area contributed by atoms with Crippen molar-refractivity contribution < 1.29 is 9.84 Å². The molecule has 0 unspecified atom stereocenters. The summed E-state index contributed by atoms with van der Waals surface area (Å²) in [5.41, 5.74) is 1.61. The first-order chi connectivity index (χ1) is 9.66. The van der Waals surface area contributed by atoms with Crippen LogP contribution in [0.25, 0.3) is 0 Å². The SMILES string of the molecule is C[C@H](O)c1cc(Cl)ccc1OCC#Cc1ccccc1. The molecule has 1 atom stereocenters. The Labute approximate surface area is 124 Å². The molecule has 0 aliphatic heterocycles. The van der Waals surface area contributed by atoms with Gasteiger partial charge in [-0.05, 0) is 37.3 Å². The summed E-state index contributed by atoms with van der Waals surface area (Å²) in [5.74, 6) is 6.56. The fourth-order valence-corrected chi connectivity index (χ4v) is 1.93. The highest BCUT2D eigenvalue weighted by molar-refractivity contribution is 6.30. The minimum Gasteiger partial charge on any atom is -0.481 e. The van der Waals surface area contributed by atoms with Gasteiger partial charge in [0, 0.05) is 16.1 Å². The molecule has 0 saturated heterocycles. The Morgan fingerprint density at radius 3 is 2.65 bits per heavy atom. The number of aliphatic hydroxyl groups excluding tert-OH is 1. The van der Waals surface area contributed by atoms with E-state index < -0.39 is 6.10 Å². The molecule has 0 fully saturated rings. The first-order valence-corrected chi connectivity index (χ1v) is 6.69. The molecule has 2 rings (SSSR count). The number of rotatable bonds is 3. The minimum absolute atomic E-state index is 0.260. The Hall–Kier alpha value is -1.95. The molecule has 0 aliphatic carbocycles. The van der Waals surface area contributed by atoms with Crippen LogP contribution in [0.1, 0.15) is 24.2 Å². The highest BCUT2D eigenvalue weighted by Crippen LogP contribution is 2.28. The molecule has 0 heterocycles. The second kappa shape index (κ2) is 7.00. The van der Waals surface area contributed by atoms with Crippen LogP contribution in [0.4, 0.5) is 0 Å². The summed E-state index contributed by atoms with van der Waals surface area (Å²) in [6.45, 7) is 1.93. The van der Waals surface area contributed by atoms with Gasteiger partial charge in [-0.3, -0.25) is 0 Å². The van der Waals surface area contributed by atoms with E-state index in [1.165, 1.54) is 0 Å². The van der Waals surface area contributed by atoms with Crippen LogP contribution in [0, 0.1) is 11.8 Å². The average molecular weight is 287 g/mol. The van der Waals surface area contributed by atoms with Crippen LogP contribution in [-0.4, -0.2) is 11.7 Å². The van der Waals surface area contributed by atoms with Crippen molar-refractivity contribution in [1.29, 1.82) is 0 Å². The fourth-order valence-electron chi connectivity index (χ4n) is 1.75. The third kappa shape index (κ3) is 4.03. The van der Waals surface area contributed by atoms with Crippen molar-refractivity contribution in [2.45, 2.75) is 13.0 Å². The molecule has 1 N–H and O–H groups in total. The molecule has 0 aliphatic rings. The van der Waals surface area contributed by atoms with Crippen LogP contribution in [0.2, 0.25) is 5.02 Å². The summed E-state index contributed by atoms with van der Waals surface area (Å²) >= 11 is 5.91. The number of benzene rings is 2. The van der Waals surface area contributed by atoms with E-state index >= 15 is 0 Å². The first-order valence-electron chi connectivity index (χ1n) is 6.31. The third-order valence-corrected chi connectivity index (χ3v) is 2.96. The van der Waals surface area contributed by atoms with Crippen molar-refractivity contribution in [3.05, 3.63) is 64.7 Å². The monoisotopic (exact) mass is 286 g/mol. The zero-order valence-electron chi connectivity index (χ0n) is 11.1. The molecule has 2 aromatic rings. The normalized spacial score (nSPS) is 11.3. The average Bonchev–Trinajstić information content (AvgIpc) is 2.45. The van der Waals surface area contributed by atoms with Gasteiger partial charge in [0.2, 0.25) is 0 Å². The molecule has 0 bridgehead atoms. The lowest BCUT2D eigenvalue weighted by Gasteiger charge is -2.12. The van der Waals surface area contributed by atoms with Gasteiger partial charge < -0.3 is 9.84 Å². The van der Waals surface area contributed by atoms with Gasteiger partial charge in [0.1, 0.15) is 12.4 Å². The molecular weight excluding hydrogens is 272 g/mol. The van der Waals surface area contributed by atoms with Gasteiger partial charge in [-0.25, -0.2) is 0 Å². The Bertz CT molecular complexity index is 624. The Balaban J connectivity index is 2.03. The van der Waals surface area contributed by atoms with Gasteiger partial charge >= 0.3 is 0 Å². The molecular formula is C17H15ClO2. The molecule has 0 spiro atoms. The zero-order chi connectivity index (χ0) is 14.4. The predicted octanol–water partition coefficient (Wildman–Crippen LogP) is 3.82. The number of hydrogen-bond acceptors (Lipinski definition) is 2. The highest BCUT2D eigenvalue weighted by atomic mass is 35.5. The van der Waals surface area contributed by atoms with Crippen LogP contribution >= 0.6 is 11.6 Å². The van der Waals surface area contributed by atoms with Gasteiger partial charge in [0.25, 0.3) is 0 Å². The summed E-state index contributed by atoms with van der Waals surface area (Å²) in [6.07, 6.45) is -0.634. The van der Waals surface area contributed by atoms with Crippen LogP contribution < -0.4 is 4.74 Å². The molecule has 0 saturated carbocycles. The third-order valence-electron chi connectivity index (χ3n) is 2.73. The molecule has 0 aromatic heterocycles. The lowest BCUT2D eigenvalue weighted by Crippen LogP contribution is -2.00. The van der Waals surface area contributed by atoms with E-state index in [0.29, 0.717) is 16.3 Å². The quantitative estimate of drug-likeness (QED) is 0.869. The Morgan fingerprint density at radius 1 is 1.20 bits per heavy atom. The van der Waals surface area contributed by atoms with Gasteiger partial charge in [-0.15, -0.1) is 0 Å². The summed E-state index contributed by atoms with van der Waals surface area (Å²) < 4.78 is 5.58. The lowest BCUT2D eigenvalue weighted by atomic mass is 10.1. The molecule has 2 nitrogen and oxygen atoms in total. The van der Waals surface area contributed by atoms with E-state index in [-0.39, 0.29) is 6.61 Å². The maximum atomic E-state index is 9.69. The number of hydrogen-bond donors (Lipinski definition) is 1.